The number of rotatable bonds is 5. The molecule has 1 aromatic rings. The second kappa shape index (κ2) is 6.15. The quantitative estimate of drug-likeness (QED) is 0.811. The van der Waals surface area contributed by atoms with Crippen LogP contribution in [0, 0.1) is 25.6 Å². The molecule has 0 bridgehead atoms. The molecule has 17 heavy (non-hydrogen) atoms. The van der Waals surface area contributed by atoms with Crippen LogP contribution in [0.1, 0.15) is 49.4 Å². The Morgan fingerprint density at radius 3 is 2.18 bits per heavy atom. The first-order valence-corrected chi connectivity index (χ1v) is 6.43. The lowest BCUT2D eigenvalue weighted by Gasteiger charge is -2.24. The van der Waals surface area contributed by atoms with E-state index in [-0.39, 0.29) is 5.82 Å². The number of hydrogen-bond donors (Lipinski definition) is 1. The number of aryl methyl sites for hydroxylation is 2. The van der Waals surface area contributed by atoms with Gasteiger partial charge in [-0.15, -0.1) is 0 Å². The van der Waals surface area contributed by atoms with Crippen molar-refractivity contribution >= 4 is 0 Å². The molecule has 0 saturated carbocycles. The van der Waals surface area contributed by atoms with Gasteiger partial charge in [0.1, 0.15) is 5.82 Å². The van der Waals surface area contributed by atoms with E-state index in [1.807, 2.05) is 20.9 Å². The first-order valence-electron chi connectivity index (χ1n) is 6.43. The molecule has 96 valence electrons. The van der Waals surface area contributed by atoms with Crippen LogP contribution in [0.5, 0.6) is 0 Å². The van der Waals surface area contributed by atoms with Crippen molar-refractivity contribution in [3.8, 4) is 0 Å². The topological polar surface area (TPSA) is 12.0 Å². The summed E-state index contributed by atoms with van der Waals surface area (Å²) >= 11 is 0. The highest BCUT2D eigenvalue weighted by atomic mass is 19.1. The molecule has 0 saturated heterocycles. The molecule has 0 heterocycles. The molecule has 0 amide bonds. The number of nitrogens with one attached hydrogen (secondary N) is 1. The molecular formula is C15H24FN. The molecular weight excluding hydrogens is 213 g/mol. The molecule has 2 unspecified atom stereocenters. The first-order chi connectivity index (χ1) is 7.99. The third kappa shape index (κ3) is 3.53. The van der Waals surface area contributed by atoms with Gasteiger partial charge >= 0.3 is 0 Å². The van der Waals surface area contributed by atoms with Crippen LogP contribution in [-0.4, -0.2) is 7.05 Å². The summed E-state index contributed by atoms with van der Waals surface area (Å²) in [6.07, 6.45) is 2.28. The standard InChI is InChI=1S/C15H24FN/c1-6-10(2)7-14(17-5)15-11(3)8-13(16)9-12(15)4/h8-10,14,17H,6-7H2,1-5H3. The van der Waals surface area contributed by atoms with Crippen molar-refractivity contribution in [2.45, 2.75) is 46.6 Å². The Kier molecular flexibility index (Phi) is 5.13. The summed E-state index contributed by atoms with van der Waals surface area (Å²) in [4.78, 5) is 0. The summed E-state index contributed by atoms with van der Waals surface area (Å²) in [5.41, 5.74) is 3.35. The van der Waals surface area contributed by atoms with Crippen LogP contribution in [-0.2, 0) is 0 Å². The lowest BCUT2D eigenvalue weighted by molar-refractivity contribution is 0.419. The van der Waals surface area contributed by atoms with Gasteiger partial charge < -0.3 is 5.32 Å². The lowest BCUT2D eigenvalue weighted by Crippen LogP contribution is -2.21. The minimum Gasteiger partial charge on any atom is -0.313 e. The largest absolute Gasteiger partial charge is 0.313 e. The fourth-order valence-corrected chi connectivity index (χ4v) is 2.42. The average molecular weight is 237 g/mol. The second-order valence-corrected chi connectivity index (χ2v) is 5.04. The maximum atomic E-state index is 13.3. The monoisotopic (exact) mass is 237 g/mol. The maximum Gasteiger partial charge on any atom is 0.123 e. The van der Waals surface area contributed by atoms with Gasteiger partial charge in [0.2, 0.25) is 0 Å². The van der Waals surface area contributed by atoms with Crippen LogP contribution in [0.15, 0.2) is 12.1 Å². The SMILES string of the molecule is CCC(C)CC(NC)c1c(C)cc(F)cc1C. The van der Waals surface area contributed by atoms with Gasteiger partial charge in [0.05, 0.1) is 0 Å². The molecule has 0 fully saturated rings. The van der Waals surface area contributed by atoms with E-state index in [0.29, 0.717) is 12.0 Å². The zero-order valence-corrected chi connectivity index (χ0v) is 11.6. The van der Waals surface area contributed by atoms with Crippen LogP contribution in [0.4, 0.5) is 4.39 Å². The van der Waals surface area contributed by atoms with E-state index in [0.717, 1.165) is 17.5 Å². The summed E-state index contributed by atoms with van der Waals surface area (Å²) in [6, 6.07) is 3.58. The van der Waals surface area contributed by atoms with Crippen molar-refractivity contribution < 1.29 is 4.39 Å². The van der Waals surface area contributed by atoms with E-state index in [1.54, 1.807) is 12.1 Å². The van der Waals surface area contributed by atoms with Crippen molar-refractivity contribution in [2.24, 2.45) is 5.92 Å². The van der Waals surface area contributed by atoms with E-state index < -0.39 is 0 Å². The molecule has 2 heteroatoms. The molecule has 0 aliphatic carbocycles. The molecule has 0 aliphatic heterocycles. The van der Waals surface area contributed by atoms with Crippen molar-refractivity contribution in [3.63, 3.8) is 0 Å². The average Bonchev–Trinajstić information content (AvgIpc) is 2.25. The minimum absolute atomic E-state index is 0.137. The summed E-state index contributed by atoms with van der Waals surface area (Å²) in [6.45, 7) is 8.46. The van der Waals surface area contributed by atoms with Gasteiger partial charge in [0, 0.05) is 6.04 Å². The van der Waals surface area contributed by atoms with Crippen LogP contribution < -0.4 is 5.32 Å². The Bertz CT molecular complexity index is 350. The van der Waals surface area contributed by atoms with E-state index in [4.69, 9.17) is 0 Å². The number of halogens is 1. The Labute approximate surface area is 104 Å². The van der Waals surface area contributed by atoms with Gasteiger partial charge in [-0.25, -0.2) is 4.39 Å². The van der Waals surface area contributed by atoms with Crippen molar-refractivity contribution in [3.05, 3.63) is 34.6 Å². The van der Waals surface area contributed by atoms with Gasteiger partial charge in [-0.05, 0) is 62.1 Å². The number of benzene rings is 1. The molecule has 0 spiro atoms. The van der Waals surface area contributed by atoms with Crippen molar-refractivity contribution in [2.75, 3.05) is 7.05 Å². The normalized spacial score (nSPS) is 14.7. The third-order valence-corrected chi connectivity index (χ3v) is 3.59. The van der Waals surface area contributed by atoms with Crippen molar-refractivity contribution in [1.29, 1.82) is 0 Å². The fourth-order valence-electron chi connectivity index (χ4n) is 2.42. The predicted octanol–water partition coefficient (Wildman–Crippen LogP) is 4.14. The Hall–Kier alpha value is -0.890. The van der Waals surface area contributed by atoms with E-state index >= 15 is 0 Å². The van der Waals surface area contributed by atoms with E-state index in [9.17, 15) is 4.39 Å². The van der Waals surface area contributed by atoms with Gasteiger partial charge in [-0.2, -0.15) is 0 Å². The Morgan fingerprint density at radius 2 is 1.76 bits per heavy atom. The molecule has 0 aromatic heterocycles. The van der Waals surface area contributed by atoms with Gasteiger partial charge in [0.15, 0.2) is 0 Å². The predicted molar refractivity (Wildman–Crippen MR) is 71.7 cm³/mol. The zero-order valence-electron chi connectivity index (χ0n) is 11.6. The number of hydrogen-bond acceptors (Lipinski definition) is 1. The Balaban J connectivity index is 3.03. The van der Waals surface area contributed by atoms with Gasteiger partial charge in [-0.3, -0.25) is 0 Å². The van der Waals surface area contributed by atoms with E-state index in [1.165, 1.54) is 12.0 Å². The van der Waals surface area contributed by atoms with Crippen LogP contribution in [0.3, 0.4) is 0 Å². The van der Waals surface area contributed by atoms with E-state index in [2.05, 4.69) is 19.2 Å². The zero-order chi connectivity index (χ0) is 13.0. The molecule has 1 N–H and O–H groups in total. The van der Waals surface area contributed by atoms with Crippen LogP contribution in [0.25, 0.3) is 0 Å². The molecule has 1 rings (SSSR count). The summed E-state index contributed by atoms with van der Waals surface area (Å²) in [7, 11) is 1.98. The maximum absolute atomic E-state index is 13.3. The highest BCUT2D eigenvalue weighted by Gasteiger charge is 2.17. The second-order valence-electron chi connectivity index (χ2n) is 5.04. The lowest BCUT2D eigenvalue weighted by atomic mass is 9.89. The van der Waals surface area contributed by atoms with Gasteiger partial charge in [0.25, 0.3) is 0 Å². The molecule has 0 aliphatic rings. The summed E-state index contributed by atoms with van der Waals surface area (Å²) < 4.78 is 13.3. The fraction of sp³-hybridized carbons (Fsp3) is 0.600. The highest BCUT2D eigenvalue weighted by Crippen LogP contribution is 2.28. The molecule has 1 nitrogen and oxygen atoms in total. The molecule has 0 radical (unpaired) electrons. The van der Waals surface area contributed by atoms with Crippen LogP contribution >= 0.6 is 0 Å². The summed E-state index contributed by atoms with van der Waals surface area (Å²) in [5, 5.41) is 3.36. The molecule has 2 atom stereocenters. The third-order valence-electron chi connectivity index (χ3n) is 3.59. The smallest absolute Gasteiger partial charge is 0.123 e. The first kappa shape index (κ1) is 14.2. The van der Waals surface area contributed by atoms with Crippen LogP contribution in [0.2, 0.25) is 0 Å². The minimum atomic E-state index is -0.137. The van der Waals surface area contributed by atoms with Crippen molar-refractivity contribution in [1.82, 2.24) is 5.32 Å². The summed E-state index contributed by atoms with van der Waals surface area (Å²) in [5.74, 6) is 0.540. The highest BCUT2D eigenvalue weighted by molar-refractivity contribution is 5.36. The Morgan fingerprint density at radius 1 is 1.24 bits per heavy atom. The molecule has 1 aromatic carbocycles. The van der Waals surface area contributed by atoms with Gasteiger partial charge in [-0.1, -0.05) is 20.3 Å².